The first kappa shape index (κ1) is 39.7. The van der Waals surface area contributed by atoms with Crippen molar-refractivity contribution in [2.45, 2.75) is 51.1 Å². The summed E-state index contributed by atoms with van der Waals surface area (Å²) in [6.07, 6.45) is 12.1. The van der Waals surface area contributed by atoms with Gasteiger partial charge in [0.2, 0.25) is 6.41 Å². The van der Waals surface area contributed by atoms with Crippen molar-refractivity contribution in [2.24, 2.45) is 9.98 Å². The van der Waals surface area contributed by atoms with Crippen LogP contribution in [0.5, 0.6) is 28.7 Å². The number of unbranched alkanes of at least 4 members (excludes halogenated alkanes) is 2. The first-order valence-electron chi connectivity index (χ1n) is 19.5. The third kappa shape index (κ3) is 8.71. The molecule has 2 atom stereocenters. The van der Waals surface area contributed by atoms with Crippen LogP contribution in [0.4, 0.5) is 17.1 Å². The summed E-state index contributed by atoms with van der Waals surface area (Å²) in [5.74, 6) is 2.92. The lowest BCUT2D eigenvalue weighted by Crippen LogP contribution is -2.32. The predicted octanol–water partition coefficient (Wildman–Crippen LogP) is 8.64. The topological polar surface area (TPSA) is 124 Å². The van der Waals surface area contributed by atoms with Gasteiger partial charge >= 0.3 is 0 Å². The molecule has 7 rings (SSSR count). The molecule has 2 unspecified atom stereocenters. The Balaban J connectivity index is 0.909. The molecule has 300 valence electrons. The number of hydrogen-bond donors (Lipinski definition) is 1. The van der Waals surface area contributed by atoms with Gasteiger partial charge in [-0.3, -0.25) is 19.6 Å². The standard InChI is InChI=1S/C46H49N5O7/c1-30-19-42(55-4)44(23-40(30)48-25-36-20-33(27-50(36)29-52)31-9-13-35(47-2)14-10-31)57-17-7-6-8-18-58-45-24-41-39(22-43(45)56-5)46(53)51-28-34(21-37(51)26-49-41)32-11-15-38(54-3)16-12-32/h9-16,19,22-29,36-37,47H,6-8,17-18,20-21H2,1-5H3. The SMILES string of the molecule is CNc1ccc(C2=CN(C=O)C(C=Nc3cc(OCCCCCOc4cc5c(cc4OC)C(=O)N4C=C(c6ccc(OC)cc6)CC4C=N5)c(OC)cc3C)C2)cc1. The Morgan fingerprint density at radius 3 is 2.10 bits per heavy atom. The number of nitrogens with one attached hydrogen (secondary N) is 1. The Kier molecular flexibility index (Phi) is 12.4. The van der Waals surface area contributed by atoms with Gasteiger partial charge in [-0.15, -0.1) is 0 Å². The van der Waals surface area contributed by atoms with Gasteiger partial charge in [-0.05, 0) is 90.4 Å². The van der Waals surface area contributed by atoms with Crippen LogP contribution in [0.15, 0.2) is 95.2 Å². The molecule has 4 aromatic rings. The zero-order chi connectivity index (χ0) is 40.6. The monoisotopic (exact) mass is 783 g/mol. The molecule has 0 aromatic heterocycles. The smallest absolute Gasteiger partial charge is 0.260 e. The molecule has 58 heavy (non-hydrogen) atoms. The largest absolute Gasteiger partial charge is 0.497 e. The number of carbonyl (C=O) groups is 2. The molecule has 12 heteroatoms. The van der Waals surface area contributed by atoms with Crippen molar-refractivity contribution in [3.8, 4) is 28.7 Å². The van der Waals surface area contributed by atoms with E-state index in [9.17, 15) is 9.59 Å². The molecule has 0 aliphatic carbocycles. The van der Waals surface area contributed by atoms with Crippen molar-refractivity contribution in [1.29, 1.82) is 0 Å². The van der Waals surface area contributed by atoms with Gasteiger partial charge in [0.05, 0.1) is 63.6 Å². The van der Waals surface area contributed by atoms with Crippen LogP contribution in [0.1, 0.15) is 59.2 Å². The second-order valence-electron chi connectivity index (χ2n) is 14.3. The Labute approximate surface area is 339 Å². The number of aryl methyl sites for hydroxylation is 1. The fraction of sp³-hybridized carbons (Fsp3) is 0.304. The number of rotatable bonds is 17. The minimum atomic E-state index is -0.194. The number of anilines is 1. The van der Waals surface area contributed by atoms with E-state index in [0.29, 0.717) is 60.3 Å². The predicted molar refractivity (Wildman–Crippen MR) is 228 cm³/mol. The van der Waals surface area contributed by atoms with Gasteiger partial charge in [-0.1, -0.05) is 24.3 Å². The second kappa shape index (κ2) is 18.1. The van der Waals surface area contributed by atoms with Crippen LogP contribution < -0.4 is 29.0 Å². The second-order valence-corrected chi connectivity index (χ2v) is 14.3. The third-order valence-electron chi connectivity index (χ3n) is 10.6. The number of amides is 2. The van der Waals surface area contributed by atoms with E-state index in [1.165, 1.54) is 0 Å². The number of fused-ring (bicyclic) bond motifs is 2. The van der Waals surface area contributed by atoms with Crippen LogP contribution in [-0.2, 0) is 4.79 Å². The van der Waals surface area contributed by atoms with Gasteiger partial charge in [0, 0.05) is 62.5 Å². The molecule has 0 saturated carbocycles. The minimum absolute atomic E-state index is 0.133. The molecule has 0 spiro atoms. The average molecular weight is 784 g/mol. The van der Waals surface area contributed by atoms with Crippen LogP contribution in [0.2, 0.25) is 0 Å². The summed E-state index contributed by atoms with van der Waals surface area (Å²) in [6, 6.07) is 22.9. The summed E-state index contributed by atoms with van der Waals surface area (Å²) >= 11 is 0. The van der Waals surface area contributed by atoms with Crippen LogP contribution in [0, 0.1) is 6.92 Å². The summed E-state index contributed by atoms with van der Waals surface area (Å²) in [5, 5.41) is 3.13. The molecule has 2 amide bonds. The third-order valence-corrected chi connectivity index (χ3v) is 10.6. The van der Waals surface area contributed by atoms with E-state index >= 15 is 0 Å². The van der Waals surface area contributed by atoms with Gasteiger partial charge in [-0.2, -0.15) is 0 Å². The minimum Gasteiger partial charge on any atom is -0.497 e. The van der Waals surface area contributed by atoms with Crippen molar-refractivity contribution in [3.05, 3.63) is 107 Å². The quantitative estimate of drug-likeness (QED) is 0.0642. The maximum atomic E-state index is 13.7. The Morgan fingerprint density at radius 1 is 0.793 bits per heavy atom. The first-order chi connectivity index (χ1) is 28.3. The number of aliphatic imine (C=N–C) groups is 2. The number of benzene rings is 4. The highest BCUT2D eigenvalue weighted by Crippen LogP contribution is 2.40. The van der Waals surface area contributed by atoms with E-state index in [0.717, 1.165) is 70.6 Å². The van der Waals surface area contributed by atoms with E-state index in [1.54, 1.807) is 43.3 Å². The zero-order valence-electron chi connectivity index (χ0n) is 33.6. The lowest BCUT2D eigenvalue weighted by atomic mass is 10.0. The van der Waals surface area contributed by atoms with Crippen LogP contribution in [0.3, 0.4) is 0 Å². The summed E-state index contributed by atoms with van der Waals surface area (Å²) in [7, 11) is 6.72. The first-order valence-corrected chi connectivity index (χ1v) is 19.5. The number of carbonyl (C=O) groups excluding carboxylic acids is 2. The molecule has 3 aliphatic heterocycles. The summed E-state index contributed by atoms with van der Waals surface area (Å²) in [5.41, 5.74) is 7.99. The van der Waals surface area contributed by atoms with Crippen molar-refractivity contribution < 1.29 is 33.3 Å². The maximum absolute atomic E-state index is 13.7. The highest BCUT2D eigenvalue weighted by molar-refractivity contribution is 6.05. The van der Waals surface area contributed by atoms with Crippen LogP contribution >= 0.6 is 0 Å². The highest BCUT2D eigenvalue weighted by atomic mass is 16.5. The van der Waals surface area contributed by atoms with Gasteiger partial charge in [0.15, 0.2) is 23.0 Å². The molecule has 1 N–H and O–H groups in total. The average Bonchev–Trinajstić information content (AvgIpc) is 3.86. The Morgan fingerprint density at radius 2 is 1.45 bits per heavy atom. The summed E-state index contributed by atoms with van der Waals surface area (Å²) in [4.78, 5) is 38.6. The van der Waals surface area contributed by atoms with Gasteiger partial charge in [-0.25, -0.2) is 0 Å². The summed E-state index contributed by atoms with van der Waals surface area (Å²) < 4.78 is 28.9. The van der Waals surface area contributed by atoms with E-state index in [1.807, 2.05) is 87.3 Å². The van der Waals surface area contributed by atoms with E-state index < -0.39 is 0 Å². The van der Waals surface area contributed by atoms with Gasteiger partial charge in [0.1, 0.15) is 5.75 Å². The molecule has 4 aromatic carbocycles. The van der Waals surface area contributed by atoms with E-state index in [-0.39, 0.29) is 18.0 Å². The highest BCUT2D eigenvalue weighted by Gasteiger charge is 2.33. The van der Waals surface area contributed by atoms with E-state index in [4.69, 9.17) is 33.7 Å². The number of methoxy groups -OCH3 is 3. The van der Waals surface area contributed by atoms with Crippen molar-refractivity contribution in [2.75, 3.05) is 46.9 Å². The van der Waals surface area contributed by atoms with Crippen molar-refractivity contribution in [1.82, 2.24) is 9.80 Å². The maximum Gasteiger partial charge on any atom is 0.260 e. The molecule has 0 fully saturated rings. The molecule has 0 bridgehead atoms. The molecule has 12 nitrogen and oxygen atoms in total. The molecular weight excluding hydrogens is 735 g/mol. The Hall–Kier alpha value is -6.56. The summed E-state index contributed by atoms with van der Waals surface area (Å²) in [6.45, 7) is 2.91. The molecule has 0 radical (unpaired) electrons. The lowest BCUT2D eigenvalue weighted by molar-refractivity contribution is -0.116. The normalized spacial score (nSPS) is 17.0. The number of ether oxygens (including phenoxy) is 5. The van der Waals surface area contributed by atoms with E-state index in [2.05, 4.69) is 17.4 Å². The molecule has 3 aliphatic rings. The van der Waals surface area contributed by atoms with Gasteiger partial charge in [0.25, 0.3) is 5.91 Å². The van der Waals surface area contributed by atoms with Crippen molar-refractivity contribution in [3.63, 3.8) is 0 Å². The molecular formula is C46H49N5O7. The number of nitrogens with zero attached hydrogens (tertiary/aromatic N) is 4. The fourth-order valence-electron chi connectivity index (χ4n) is 7.29. The number of hydrogen-bond acceptors (Lipinski definition) is 10. The molecule has 0 saturated heterocycles. The fourth-order valence-corrected chi connectivity index (χ4v) is 7.29. The zero-order valence-corrected chi connectivity index (χ0v) is 33.6. The van der Waals surface area contributed by atoms with Crippen LogP contribution in [0.25, 0.3) is 11.1 Å². The molecule has 3 heterocycles. The Bertz CT molecular complexity index is 2250. The van der Waals surface area contributed by atoms with Gasteiger partial charge < -0.3 is 38.8 Å². The van der Waals surface area contributed by atoms with Crippen LogP contribution in [-0.4, -0.2) is 88.2 Å². The van der Waals surface area contributed by atoms with Crippen molar-refractivity contribution >= 4 is 53.0 Å². The lowest BCUT2D eigenvalue weighted by Gasteiger charge is -2.19.